The van der Waals surface area contributed by atoms with Crippen LogP contribution in [0.4, 0.5) is 0 Å². The van der Waals surface area contributed by atoms with E-state index in [-0.39, 0.29) is 11.9 Å². The maximum absolute atomic E-state index is 12.2. The van der Waals surface area contributed by atoms with Gasteiger partial charge < -0.3 is 9.47 Å². The lowest BCUT2D eigenvalue weighted by Gasteiger charge is -2.16. The fourth-order valence-electron chi connectivity index (χ4n) is 6.73. The summed E-state index contributed by atoms with van der Waals surface area (Å²) < 4.78 is 11.3. The number of ether oxygens (including phenoxy) is 2. The smallest absolute Gasteiger partial charge is 0.305 e. The van der Waals surface area contributed by atoms with Crippen LogP contribution in [-0.2, 0) is 19.1 Å². The van der Waals surface area contributed by atoms with Crippen LogP contribution >= 0.6 is 0 Å². The minimum atomic E-state index is 0.0228. The fourth-order valence-corrected chi connectivity index (χ4v) is 6.73. The molecule has 0 radical (unpaired) electrons. The summed E-state index contributed by atoms with van der Waals surface area (Å²) in [6, 6.07) is 0. The molecular weight excluding hydrogens is 580 g/mol. The Hall–Kier alpha value is -1.06. The van der Waals surface area contributed by atoms with Gasteiger partial charge in [0.25, 0.3) is 0 Å². The van der Waals surface area contributed by atoms with Crippen LogP contribution in [0.1, 0.15) is 240 Å². The molecule has 0 rings (SSSR count). The molecule has 0 aromatic rings. The van der Waals surface area contributed by atoms with Crippen molar-refractivity contribution in [2.75, 3.05) is 13.2 Å². The summed E-state index contributed by atoms with van der Waals surface area (Å²) in [5, 5.41) is 0. The Balaban J connectivity index is 3.55. The summed E-state index contributed by atoms with van der Waals surface area (Å²) in [5.41, 5.74) is 0. The third-order valence-electron chi connectivity index (χ3n) is 10.1. The standard InChI is InChI=1S/C43H84O4/c1-5-9-13-28-34-40(32-11-7-3)38-46-42(44)36-30-26-24-22-20-18-16-15-17-19-21-23-25-27-31-37-43(45)47-39-41(33-12-8-4)35-29-14-10-6-2/h40-41H,5-39H2,1-4H3. The van der Waals surface area contributed by atoms with Crippen LogP contribution in [-0.4, -0.2) is 25.2 Å². The van der Waals surface area contributed by atoms with Crippen LogP contribution in [0.3, 0.4) is 0 Å². The van der Waals surface area contributed by atoms with Crippen molar-refractivity contribution in [1.29, 1.82) is 0 Å². The Kier molecular flexibility index (Phi) is 36.9. The Labute approximate surface area is 295 Å². The quantitative estimate of drug-likeness (QED) is 0.0487. The first-order valence-corrected chi connectivity index (χ1v) is 21.4. The maximum Gasteiger partial charge on any atom is 0.305 e. The topological polar surface area (TPSA) is 52.6 Å². The molecule has 0 saturated heterocycles. The first kappa shape index (κ1) is 45.9. The maximum atomic E-state index is 12.2. The van der Waals surface area contributed by atoms with Gasteiger partial charge in [-0.25, -0.2) is 0 Å². The highest BCUT2D eigenvalue weighted by Crippen LogP contribution is 2.20. The molecule has 0 aliphatic heterocycles. The molecule has 0 heterocycles. The predicted molar refractivity (Wildman–Crippen MR) is 204 cm³/mol. The number of esters is 2. The summed E-state index contributed by atoms with van der Waals surface area (Å²) in [6.45, 7) is 10.3. The molecule has 2 unspecified atom stereocenters. The van der Waals surface area contributed by atoms with E-state index in [1.807, 2.05) is 0 Å². The molecule has 0 aromatic carbocycles. The second kappa shape index (κ2) is 37.8. The molecule has 47 heavy (non-hydrogen) atoms. The summed E-state index contributed by atoms with van der Waals surface area (Å²) in [4.78, 5) is 24.5. The van der Waals surface area contributed by atoms with Crippen molar-refractivity contribution < 1.29 is 19.1 Å². The van der Waals surface area contributed by atoms with E-state index >= 15 is 0 Å². The van der Waals surface area contributed by atoms with Crippen LogP contribution in [0.15, 0.2) is 0 Å². The van der Waals surface area contributed by atoms with Gasteiger partial charge in [-0.15, -0.1) is 0 Å². The normalized spacial score (nSPS) is 12.7. The van der Waals surface area contributed by atoms with Gasteiger partial charge in [-0.1, -0.05) is 188 Å². The number of carbonyl (C=O) groups excluding carboxylic acids is 2. The van der Waals surface area contributed by atoms with Crippen LogP contribution in [0, 0.1) is 11.8 Å². The van der Waals surface area contributed by atoms with Crippen LogP contribution < -0.4 is 0 Å². The van der Waals surface area contributed by atoms with E-state index in [0.29, 0.717) is 37.9 Å². The van der Waals surface area contributed by atoms with Crippen LogP contribution in [0.5, 0.6) is 0 Å². The molecule has 0 bridgehead atoms. The van der Waals surface area contributed by atoms with Crippen LogP contribution in [0.2, 0.25) is 0 Å². The summed E-state index contributed by atoms with van der Waals surface area (Å²) in [6.07, 6.45) is 40.2. The molecule has 0 N–H and O–H groups in total. The second-order valence-corrected chi connectivity index (χ2v) is 14.9. The summed E-state index contributed by atoms with van der Waals surface area (Å²) in [7, 11) is 0. The monoisotopic (exact) mass is 665 g/mol. The van der Waals surface area contributed by atoms with Crippen LogP contribution in [0.25, 0.3) is 0 Å². The van der Waals surface area contributed by atoms with E-state index in [2.05, 4.69) is 27.7 Å². The van der Waals surface area contributed by atoms with Crippen molar-refractivity contribution in [3.8, 4) is 0 Å². The van der Waals surface area contributed by atoms with E-state index in [1.165, 1.54) is 173 Å². The third kappa shape index (κ3) is 34.6. The molecular formula is C43H84O4. The molecule has 280 valence electrons. The lowest BCUT2D eigenvalue weighted by Crippen LogP contribution is -2.14. The van der Waals surface area contributed by atoms with Crippen molar-refractivity contribution in [1.82, 2.24) is 0 Å². The number of hydrogen-bond donors (Lipinski definition) is 0. The molecule has 0 aromatic heterocycles. The molecule has 0 saturated carbocycles. The first-order chi connectivity index (χ1) is 23.1. The number of carbonyl (C=O) groups is 2. The Morgan fingerprint density at radius 1 is 0.340 bits per heavy atom. The number of hydrogen-bond acceptors (Lipinski definition) is 4. The Morgan fingerprint density at radius 3 is 0.894 bits per heavy atom. The largest absolute Gasteiger partial charge is 0.465 e. The molecule has 4 heteroatoms. The van der Waals surface area contributed by atoms with E-state index in [4.69, 9.17) is 9.47 Å². The third-order valence-corrected chi connectivity index (χ3v) is 10.1. The van der Waals surface area contributed by atoms with Gasteiger partial charge in [0.05, 0.1) is 13.2 Å². The number of rotatable bonds is 38. The van der Waals surface area contributed by atoms with E-state index in [0.717, 1.165) is 25.7 Å². The van der Waals surface area contributed by atoms with E-state index in [9.17, 15) is 9.59 Å². The lowest BCUT2D eigenvalue weighted by atomic mass is 9.96. The molecule has 0 aliphatic rings. The Morgan fingerprint density at radius 2 is 0.596 bits per heavy atom. The zero-order valence-corrected chi connectivity index (χ0v) is 32.5. The van der Waals surface area contributed by atoms with Gasteiger partial charge in [0.15, 0.2) is 0 Å². The van der Waals surface area contributed by atoms with Crippen molar-refractivity contribution >= 4 is 11.9 Å². The molecule has 4 nitrogen and oxygen atoms in total. The van der Waals surface area contributed by atoms with Gasteiger partial charge in [0.1, 0.15) is 0 Å². The highest BCUT2D eigenvalue weighted by atomic mass is 16.5. The lowest BCUT2D eigenvalue weighted by molar-refractivity contribution is -0.146. The van der Waals surface area contributed by atoms with Crippen molar-refractivity contribution in [2.24, 2.45) is 11.8 Å². The van der Waals surface area contributed by atoms with E-state index < -0.39 is 0 Å². The highest BCUT2D eigenvalue weighted by molar-refractivity contribution is 5.69. The van der Waals surface area contributed by atoms with E-state index in [1.54, 1.807) is 0 Å². The minimum Gasteiger partial charge on any atom is -0.465 e. The SMILES string of the molecule is CCCCCCC(CCCC)COC(=O)CCCCCCCCCCCCCCCCCC(=O)OCC(CCCC)CCCCCC. The van der Waals surface area contributed by atoms with Crippen molar-refractivity contribution in [3.63, 3.8) is 0 Å². The average Bonchev–Trinajstić information content (AvgIpc) is 3.08. The molecule has 2 atom stereocenters. The zero-order valence-electron chi connectivity index (χ0n) is 32.5. The molecule has 0 fully saturated rings. The molecule has 0 aliphatic carbocycles. The van der Waals surface area contributed by atoms with Gasteiger partial charge in [-0.05, 0) is 50.4 Å². The minimum absolute atomic E-state index is 0.0228. The van der Waals surface area contributed by atoms with Crippen molar-refractivity contribution in [3.05, 3.63) is 0 Å². The highest BCUT2D eigenvalue weighted by Gasteiger charge is 2.13. The first-order valence-electron chi connectivity index (χ1n) is 21.4. The van der Waals surface area contributed by atoms with Gasteiger partial charge in [0, 0.05) is 12.8 Å². The number of unbranched alkanes of at least 4 members (excludes halogenated alkanes) is 22. The van der Waals surface area contributed by atoms with Gasteiger partial charge in [0.2, 0.25) is 0 Å². The summed E-state index contributed by atoms with van der Waals surface area (Å²) >= 11 is 0. The van der Waals surface area contributed by atoms with Gasteiger partial charge in [-0.2, -0.15) is 0 Å². The van der Waals surface area contributed by atoms with Crippen molar-refractivity contribution in [2.45, 2.75) is 240 Å². The molecule has 0 spiro atoms. The Bertz CT molecular complexity index is 594. The second-order valence-electron chi connectivity index (χ2n) is 14.9. The predicted octanol–water partition coefficient (Wildman–Crippen LogP) is 14.3. The zero-order chi connectivity index (χ0) is 34.5. The fraction of sp³-hybridized carbons (Fsp3) is 0.953. The average molecular weight is 665 g/mol. The molecule has 0 amide bonds. The van der Waals surface area contributed by atoms with Gasteiger partial charge in [-0.3, -0.25) is 9.59 Å². The summed E-state index contributed by atoms with van der Waals surface area (Å²) in [5.74, 6) is 1.17. The van der Waals surface area contributed by atoms with Gasteiger partial charge >= 0.3 is 11.9 Å².